The third-order valence-electron chi connectivity index (χ3n) is 3.66. The van der Waals surface area contributed by atoms with E-state index in [0.29, 0.717) is 18.6 Å². The molecule has 2 aliphatic rings. The molecule has 1 aromatic carbocycles. The van der Waals surface area contributed by atoms with Crippen LogP contribution in [0.4, 0.5) is 0 Å². The molecule has 0 aromatic heterocycles. The fraction of sp³-hybridized carbons (Fsp3) is 0.357. The minimum absolute atomic E-state index is 0.259. The molecule has 2 heterocycles. The standard InChI is InChI=1S/C14H14N2O5/c17-11(18)7-15-12(19)10-5-6-21-14-9-4-2-1-3-8(9)13(20)16(10)14/h1-4,10,14H,5-7H2,(H,15,19)(H,17,18)/t10-,14-/m0/s1. The first-order valence-corrected chi connectivity index (χ1v) is 6.62. The number of benzene rings is 1. The van der Waals surface area contributed by atoms with E-state index in [0.717, 1.165) is 5.56 Å². The second-order valence-corrected chi connectivity index (χ2v) is 4.94. The number of ether oxygens (including phenoxy) is 1. The summed E-state index contributed by atoms with van der Waals surface area (Å²) >= 11 is 0. The highest BCUT2D eigenvalue weighted by molar-refractivity contribution is 6.02. The van der Waals surface area contributed by atoms with E-state index in [4.69, 9.17) is 9.84 Å². The number of hydrogen-bond acceptors (Lipinski definition) is 4. The molecule has 2 atom stereocenters. The molecule has 0 aliphatic carbocycles. The van der Waals surface area contributed by atoms with Gasteiger partial charge in [-0.1, -0.05) is 18.2 Å². The van der Waals surface area contributed by atoms with Crippen molar-refractivity contribution in [3.8, 4) is 0 Å². The van der Waals surface area contributed by atoms with E-state index < -0.39 is 30.7 Å². The van der Waals surface area contributed by atoms with Gasteiger partial charge in [-0.25, -0.2) is 0 Å². The Kier molecular flexibility index (Phi) is 3.34. The number of carbonyl (C=O) groups is 3. The second kappa shape index (κ2) is 5.17. The first-order valence-electron chi connectivity index (χ1n) is 6.62. The topological polar surface area (TPSA) is 95.9 Å². The Morgan fingerprint density at radius 3 is 2.90 bits per heavy atom. The number of rotatable bonds is 3. The van der Waals surface area contributed by atoms with Gasteiger partial charge in [-0.15, -0.1) is 0 Å². The highest BCUT2D eigenvalue weighted by Crippen LogP contribution is 2.39. The summed E-state index contributed by atoms with van der Waals surface area (Å²) in [5.41, 5.74) is 1.28. The maximum absolute atomic E-state index is 12.4. The molecule has 0 spiro atoms. The first-order chi connectivity index (χ1) is 10.1. The first kappa shape index (κ1) is 13.6. The van der Waals surface area contributed by atoms with E-state index in [-0.39, 0.29) is 5.91 Å². The van der Waals surface area contributed by atoms with Crippen LogP contribution in [0, 0.1) is 0 Å². The van der Waals surface area contributed by atoms with Crippen LogP contribution in [0.2, 0.25) is 0 Å². The lowest BCUT2D eigenvalue weighted by molar-refractivity contribution is -0.145. The lowest BCUT2D eigenvalue weighted by atomic mass is 10.1. The van der Waals surface area contributed by atoms with E-state index in [9.17, 15) is 14.4 Å². The molecule has 0 radical (unpaired) electrons. The average Bonchev–Trinajstić information content (AvgIpc) is 2.79. The number of fused-ring (bicyclic) bond motifs is 3. The lowest BCUT2D eigenvalue weighted by Gasteiger charge is -2.36. The monoisotopic (exact) mass is 290 g/mol. The van der Waals surface area contributed by atoms with Gasteiger partial charge in [0, 0.05) is 17.5 Å². The van der Waals surface area contributed by atoms with Crippen molar-refractivity contribution in [2.75, 3.05) is 13.2 Å². The van der Waals surface area contributed by atoms with Gasteiger partial charge in [0.1, 0.15) is 12.6 Å². The minimum Gasteiger partial charge on any atom is -0.480 e. The van der Waals surface area contributed by atoms with Crippen LogP contribution in [-0.2, 0) is 14.3 Å². The molecule has 1 aromatic rings. The highest BCUT2D eigenvalue weighted by atomic mass is 16.5. The number of aliphatic carboxylic acids is 1. The van der Waals surface area contributed by atoms with Crippen LogP contribution in [-0.4, -0.2) is 47.0 Å². The predicted octanol–water partition coefficient (Wildman–Crippen LogP) is 0.131. The summed E-state index contributed by atoms with van der Waals surface area (Å²) in [6, 6.07) is 6.37. The van der Waals surface area contributed by atoms with Gasteiger partial charge >= 0.3 is 5.97 Å². The number of amides is 2. The van der Waals surface area contributed by atoms with Crippen molar-refractivity contribution < 1.29 is 24.2 Å². The summed E-state index contributed by atoms with van der Waals surface area (Å²) in [7, 11) is 0. The molecule has 7 heteroatoms. The Bertz CT molecular complexity index is 615. The molecule has 0 unspecified atom stereocenters. The Morgan fingerprint density at radius 1 is 1.38 bits per heavy atom. The van der Waals surface area contributed by atoms with E-state index >= 15 is 0 Å². The predicted molar refractivity (Wildman–Crippen MR) is 70.4 cm³/mol. The average molecular weight is 290 g/mol. The van der Waals surface area contributed by atoms with Crippen molar-refractivity contribution in [1.82, 2.24) is 10.2 Å². The summed E-state index contributed by atoms with van der Waals surface area (Å²) in [5.74, 6) is -1.85. The molecular formula is C14H14N2O5. The Labute approximate surface area is 120 Å². The molecule has 2 N–H and O–H groups in total. The van der Waals surface area contributed by atoms with Gasteiger partial charge in [-0.2, -0.15) is 0 Å². The third kappa shape index (κ3) is 2.25. The summed E-state index contributed by atoms with van der Waals surface area (Å²) < 4.78 is 5.61. The normalized spacial score (nSPS) is 23.4. The largest absolute Gasteiger partial charge is 0.480 e. The van der Waals surface area contributed by atoms with Crippen LogP contribution in [0.15, 0.2) is 24.3 Å². The molecule has 110 valence electrons. The molecule has 2 amide bonds. The van der Waals surface area contributed by atoms with Gasteiger partial charge in [0.2, 0.25) is 5.91 Å². The quantitative estimate of drug-likeness (QED) is 0.825. The van der Waals surface area contributed by atoms with Crippen LogP contribution in [0.5, 0.6) is 0 Å². The fourth-order valence-corrected chi connectivity index (χ4v) is 2.75. The molecule has 7 nitrogen and oxygen atoms in total. The summed E-state index contributed by atoms with van der Waals surface area (Å²) in [6.07, 6.45) is -0.218. The molecule has 0 saturated carbocycles. The van der Waals surface area contributed by atoms with Gasteiger partial charge in [0.05, 0.1) is 6.61 Å². The number of hydrogen-bond donors (Lipinski definition) is 2. The minimum atomic E-state index is -1.12. The number of nitrogens with zero attached hydrogens (tertiary/aromatic N) is 1. The second-order valence-electron chi connectivity index (χ2n) is 4.94. The Hall–Kier alpha value is -2.41. The smallest absolute Gasteiger partial charge is 0.322 e. The van der Waals surface area contributed by atoms with Gasteiger partial charge < -0.3 is 15.2 Å². The maximum Gasteiger partial charge on any atom is 0.322 e. The molecule has 2 aliphatic heterocycles. The molecule has 1 fully saturated rings. The summed E-state index contributed by atoms with van der Waals surface area (Å²) in [6.45, 7) is -0.121. The third-order valence-corrected chi connectivity index (χ3v) is 3.66. The SMILES string of the molecule is O=C(O)CNC(=O)[C@@H]1CCO[C@H]2c3ccccc3C(=O)N12. The zero-order valence-corrected chi connectivity index (χ0v) is 11.1. The lowest BCUT2D eigenvalue weighted by Crippen LogP contribution is -2.52. The molecular weight excluding hydrogens is 276 g/mol. The van der Waals surface area contributed by atoms with E-state index in [1.807, 2.05) is 6.07 Å². The number of nitrogens with one attached hydrogen (secondary N) is 1. The van der Waals surface area contributed by atoms with Gasteiger partial charge in [-0.3, -0.25) is 19.3 Å². The molecule has 21 heavy (non-hydrogen) atoms. The van der Waals surface area contributed by atoms with Crippen LogP contribution in [0.3, 0.4) is 0 Å². The van der Waals surface area contributed by atoms with Gasteiger partial charge in [-0.05, 0) is 6.07 Å². The van der Waals surface area contributed by atoms with Crippen molar-refractivity contribution in [3.63, 3.8) is 0 Å². The highest BCUT2D eigenvalue weighted by Gasteiger charge is 2.46. The zero-order valence-electron chi connectivity index (χ0n) is 11.1. The maximum atomic E-state index is 12.4. The van der Waals surface area contributed by atoms with Gasteiger partial charge in [0.15, 0.2) is 6.23 Å². The molecule has 1 saturated heterocycles. The Morgan fingerprint density at radius 2 is 2.14 bits per heavy atom. The number of carboxylic acid groups (broad SMARTS) is 1. The van der Waals surface area contributed by atoms with Gasteiger partial charge in [0.25, 0.3) is 5.91 Å². The van der Waals surface area contributed by atoms with E-state index in [1.165, 1.54) is 4.90 Å². The number of carboxylic acids is 1. The van der Waals surface area contributed by atoms with Crippen LogP contribution < -0.4 is 5.32 Å². The van der Waals surface area contributed by atoms with Crippen molar-refractivity contribution in [1.29, 1.82) is 0 Å². The van der Waals surface area contributed by atoms with Crippen LogP contribution in [0.25, 0.3) is 0 Å². The summed E-state index contributed by atoms with van der Waals surface area (Å²) in [5, 5.41) is 10.9. The van der Waals surface area contributed by atoms with E-state index in [1.54, 1.807) is 18.2 Å². The molecule has 3 rings (SSSR count). The zero-order chi connectivity index (χ0) is 15.0. The van der Waals surface area contributed by atoms with Crippen LogP contribution >= 0.6 is 0 Å². The Balaban J connectivity index is 1.85. The summed E-state index contributed by atoms with van der Waals surface area (Å²) in [4.78, 5) is 36.5. The van der Waals surface area contributed by atoms with Crippen molar-refractivity contribution in [3.05, 3.63) is 35.4 Å². The number of carbonyl (C=O) groups excluding carboxylic acids is 2. The fourth-order valence-electron chi connectivity index (χ4n) is 2.75. The van der Waals surface area contributed by atoms with Crippen molar-refractivity contribution >= 4 is 17.8 Å². The van der Waals surface area contributed by atoms with Crippen LogP contribution in [0.1, 0.15) is 28.6 Å². The van der Waals surface area contributed by atoms with Crippen molar-refractivity contribution in [2.24, 2.45) is 0 Å². The molecule has 0 bridgehead atoms. The van der Waals surface area contributed by atoms with E-state index in [2.05, 4.69) is 5.32 Å². The van der Waals surface area contributed by atoms with Crippen molar-refractivity contribution in [2.45, 2.75) is 18.7 Å².